The molecular weight excluding hydrogens is 401 g/mol. The Morgan fingerprint density at radius 1 is 0.935 bits per heavy atom. The van der Waals surface area contributed by atoms with E-state index < -0.39 is 11.7 Å². The van der Waals surface area contributed by atoms with E-state index in [1.807, 2.05) is 48.2 Å². The highest BCUT2D eigenvalue weighted by Crippen LogP contribution is 2.32. The van der Waals surface area contributed by atoms with Crippen molar-refractivity contribution in [2.24, 2.45) is 0 Å². The Bertz CT molecular complexity index is 1050. The van der Waals surface area contributed by atoms with E-state index >= 15 is 0 Å². The van der Waals surface area contributed by atoms with Crippen LogP contribution >= 0.6 is 0 Å². The molecule has 2 aromatic rings. The topological polar surface area (TPSA) is 54.1 Å². The quantitative estimate of drug-likeness (QED) is 0.505. The van der Waals surface area contributed by atoms with Gasteiger partial charge in [-0.3, -0.25) is 0 Å². The Kier molecular flexibility index (Phi) is 6.67. The molecule has 0 amide bonds. The number of halogens is 3. The minimum absolute atomic E-state index is 0.00668. The van der Waals surface area contributed by atoms with Gasteiger partial charge in [-0.15, -0.1) is 0 Å². The van der Waals surface area contributed by atoms with E-state index in [2.05, 4.69) is 4.90 Å². The fourth-order valence-electron chi connectivity index (χ4n) is 3.45. The lowest BCUT2D eigenvalue weighted by Crippen LogP contribution is -2.45. The monoisotopic (exact) mass is 422 g/mol. The molecule has 0 N–H and O–H groups in total. The minimum Gasteiger partial charge on any atom is -0.368 e. The van der Waals surface area contributed by atoms with Gasteiger partial charge in [0.2, 0.25) is 0 Å². The molecule has 4 nitrogen and oxygen atoms in total. The standard InChI is InChI=1S/C24H21F3N4/c1-18-5-8-20(9-6-18)23(10-7-19(16-28)17-29)31-13-11-30(12-14-31)22-4-2-3-21(15-22)24(25,26)27/h2-10,15H,11-14H2,1H3/b23-10-. The summed E-state index contributed by atoms with van der Waals surface area (Å²) >= 11 is 0. The van der Waals surface area contributed by atoms with Crippen LogP contribution in [0.4, 0.5) is 18.9 Å². The van der Waals surface area contributed by atoms with Gasteiger partial charge in [-0.05, 0) is 42.8 Å². The molecule has 0 unspecified atom stereocenters. The van der Waals surface area contributed by atoms with Gasteiger partial charge in [0.1, 0.15) is 17.7 Å². The molecule has 3 rings (SSSR count). The number of nitriles is 2. The first-order valence-corrected chi connectivity index (χ1v) is 9.78. The first-order chi connectivity index (χ1) is 14.8. The van der Waals surface area contributed by atoms with Crippen molar-refractivity contribution in [1.29, 1.82) is 10.5 Å². The van der Waals surface area contributed by atoms with Gasteiger partial charge < -0.3 is 9.80 Å². The second-order valence-corrected chi connectivity index (χ2v) is 7.24. The SMILES string of the molecule is Cc1ccc(/C(=C/C=C(C#N)C#N)N2CCN(c3cccc(C(F)(F)F)c3)CC2)cc1. The van der Waals surface area contributed by atoms with E-state index in [0.29, 0.717) is 31.9 Å². The highest BCUT2D eigenvalue weighted by molar-refractivity contribution is 5.67. The van der Waals surface area contributed by atoms with Crippen molar-refractivity contribution in [2.45, 2.75) is 13.1 Å². The van der Waals surface area contributed by atoms with E-state index in [0.717, 1.165) is 22.9 Å². The number of rotatable bonds is 4. The van der Waals surface area contributed by atoms with Crippen LogP contribution in [0.3, 0.4) is 0 Å². The predicted octanol–water partition coefficient (Wildman–Crippen LogP) is 5.15. The van der Waals surface area contributed by atoms with Gasteiger partial charge in [0.25, 0.3) is 0 Å². The molecule has 7 heteroatoms. The van der Waals surface area contributed by atoms with Crippen molar-refractivity contribution < 1.29 is 13.2 Å². The van der Waals surface area contributed by atoms with E-state index in [1.54, 1.807) is 12.1 Å². The summed E-state index contributed by atoms with van der Waals surface area (Å²) in [5.74, 6) is 0. The van der Waals surface area contributed by atoms with E-state index in [4.69, 9.17) is 10.5 Å². The lowest BCUT2D eigenvalue weighted by atomic mass is 10.1. The summed E-state index contributed by atoms with van der Waals surface area (Å²) in [5, 5.41) is 18.1. The first kappa shape index (κ1) is 22.0. The van der Waals surface area contributed by atoms with Gasteiger partial charge in [-0.25, -0.2) is 0 Å². The van der Waals surface area contributed by atoms with Gasteiger partial charge in [0.15, 0.2) is 0 Å². The van der Waals surface area contributed by atoms with Crippen LogP contribution in [0.1, 0.15) is 16.7 Å². The second kappa shape index (κ2) is 9.40. The maximum absolute atomic E-state index is 13.0. The maximum atomic E-state index is 13.0. The molecule has 1 aliphatic heterocycles. The minimum atomic E-state index is -4.37. The van der Waals surface area contributed by atoms with Crippen molar-refractivity contribution in [2.75, 3.05) is 31.1 Å². The molecule has 0 spiro atoms. The molecule has 0 aromatic heterocycles. The zero-order chi connectivity index (χ0) is 22.4. The first-order valence-electron chi connectivity index (χ1n) is 9.78. The van der Waals surface area contributed by atoms with Crippen molar-refractivity contribution in [1.82, 2.24) is 4.90 Å². The van der Waals surface area contributed by atoms with Crippen LogP contribution in [0, 0.1) is 29.6 Å². The Balaban J connectivity index is 1.82. The smallest absolute Gasteiger partial charge is 0.368 e. The number of allylic oxidation sites excluding steroid dienone is 3. The van der Waals surface area contributed by atoms with Crippen molar-refractivity contribution in [3.05, 3.63) is 82.9 Å². The number of alkyl halides is 3. The fraction of sp³-hybridized carbons (Fsp3) is 0.250. The lowest BCUT2D eigenvalue weighted by molar-refractivity contribution is -0.137. The molecule has 158 valence electrons. The number of piperazine rings is 1. The molecule has 0 saturated carbocycles. The number of benzene rings is 2. The van der Waals surface area contributed by atoms with Gasteiger partial charge in [0, 0.05) is 37.6 Å². The van der Waals surface area contributed by atoms with Crippen molar-refractivity contribution in [3.8, 4) is 12.1 Å². The molecule has 0 aliphatic carbocycles. The summed E-state index contributed by atoms with van der Waals surface area (Å²) in [6, 6.07) is 17.0. The van der Waals surface area contributed by atoms with Crippen molar-refractivity contribution in [3.63, 3.8) is 0 Å². The van der Waals surface area contributed by atoms with Crippen LogP contribution in [0.5, 0.6) is 0 Å². The van der Waals surface area contributed by atoms with Crippen LogP contribution in [0.25, 0.3) is 5.70 Å². The highest BCUT2D eigenvalue weighted by Gasteiger charge is 2.31. The molecule has 0 atom stereocenters. The van der Waals surface area contributed by atoms with Crippen LogP contribution in [0.15, 0.2) is 66.3 Å². The van der Waals surface area contributed by atoms with Crippen molar-refractivity contribution >= 4 is 11.4 Å². The van der Waals surface area contributed by atoms with E-state index in [-0.39, 0.29) is 5.57 Å². The molecule has 1 fully saturated rings. The molecule has 0 bridgehead atoms. The maximum Gasteiger partial charge on any atom is 0.416 e. The summed E-state index contributed by atoms with van der Waals surface area (Å²) in [6.07, 6.45) is -1.12. The van der Waals surface area contributed by atoms with Gasteiger partial charge in [-0.2, -0.15) is 23.7 Å². The third-order valence-corrected chi connectivity index (χ3v) is 5.16. The lowest BCUT2D eigenvalue weighted by Gasteiger charge is -2.38. The summed E-state index contributed by atoms with van der Waals surface area (Å²) in [4.78, 5) is 4.06. The zero-order valence-electron chi connectivity index (χ0n) is 17.0. The van der Waals surface area contributed by atoms with Crippen LogP contribution in [0.2, 0.25) is 0 Å². The Labute approximate surface area is 179 Å². The molecular formula is C24H21F3N4. The van der Waals surface area contributed by atoms with Crippen LogP contribution in [-0.2, 0) is 6.18 Å². The molecule has 1 saturated heterocycles. The largest absolute Gasteiger partial charge is 0.416 e. The summed E-state index contributed by atoms with van der Waals surface area (Å²) in [6.45, 7) is 4.29. The second-order valence-electron chi connectivity index (χ2n) is 7.24. The predicted molar refractivity (Wildman–Crippen MR) is 114 cm³/mol. The molecule has 1 heterocycles. The van der Waals surface area contributed by atoms with Gasteiger partial charge >= 0.3 is 6.18 Å². The zero-order valence-corrected chi connectivity index (χ0v) is 17.0. The van der Waals surface area contributed by atoms with Gasteiger partial charge in [-0.1, -0.05) is 35.9 Å². The Morgan fingerprint density at radius 2 is 1.58 bits per heavy atom. The summed E-state index contributed by atoms with van der Waals surface area (Å²) < 4.78 is 39.1. The van der Waals surface area contributed by atoms with Crippen LogP contribution < -0.4 is 4.90 Å². The van der Waals surface area contributed by atoms with Gasteiger partial charge in [0.05, 0.1) is 5.56 Å². The number of hydrogen-bond donors (Lipinski definition) is 0. The molecule has 2 aromatic carbocycles. The number of aryl methyl sites for hydroxylation is 1. The Morgan fingerprint density at radius 3 is 2.16 bits per heavy atom. The summed E-state index contributed by atoms with van der Waals surface area (Å²) in [7, 11) is 0. The third-order valence-electron chi connectivity index (χ3n) is 5.16. The number of anilines is 1. The highest BCUT2D eigenvalue weighted by atomic mass is 19.4. The van der Waals surface area contributed by atoms with E-state index in [9.17, 15) is 13.2 Å². The number of hydrogen-bond acceptors (Lipinski definition) is 4. The average Bonchev–Trinajstić information content (AvgIpc) is 2.77. The van der Waals surface area contributed by atoms with E-state index in [1.165, 1.54) is 18.2 Å². The average molecular weight is 422 g/mol. The molecule has 1 aliphatic rings. The van der Waals surface area contributed by atoms with Crippen LogP contribution in [-0.4, -0.2) is 31.1 Å². The Hall–Kier alpha value is -3.71. The molecule has 0 radical (unpaired) electrons. The third kappa shape index (κ3) is 5.46. The number of nitrogens with zero attached hydrogens (tertiary/aromatic N) is 4. The summed E-state index contributed by atoms with van der Waals surface area (Å²) in [5.41, 5.74) is 2.83. The fourth-order valence-corrected chi connectivity index (χ4v) is 3.45. The molecule has 31 heavy (non-hydrogen) atoms. The normalized spacial score (nSPS) is 14.6.